The van der Waals surface area contributed by atoms with Crippen LogP contribution in [0.5, 0.6) is 0 Å². The van der Waals surface area contributed by atoms with Crippen molar-refractivity contribution in [3.05, 3.63) is 36.5 Å². The zero-order valence-electron chi connectivity index (χ0n) is 10.6. The first-order valence-corrected chi connectivity index (χ1v) is 6.06. The van der Waals surface area contributed by atoms with Crippen molar-refractivity contribution >= 4 is 5.78 Å². The van der Waals surface area contributed by atoms with Gasteiger partial charge in [-0.25, -0.2) is 0 Å². The molecule has 0 spiro atoms. The van der Waals surface area contributed by atoms with E-state index in [0.29, 0.717) is 24.0 Å². The highest BCUT2D eigenvalue weighted by molar-refractivity contribution is 5.82. The molecule has 1 unspecified atom stereocenters. The van der Waals surface area contributed by atoms with E-state index in [1.165, 1.54) is 0 Å². The molecule has 0 saturated carbocycles. The summed E-state index contributed by atoms with van der Waals surface area (Å²) in [4.78, 5) is 11.9. The molecule has 0 aromatic carbocycles. The van der Waals surface area contributed by atoms with Gasteiger partial charge in [0, 0.05) is 12.3 Å². The number of allylic oxidation sites excluding steroid dienone is 5. The number of hydrogen-bond acceptors (Lipinski definition) is 1. The van der Waals surface area contributed by atoms with Gasteiger partial charge in [-0.3, -0.25) is 4.79 Å². The lowest BCUT2D eigenvalue weighted by Gasteiger charge is -2.18. The van der Waals surface area contributed by atoms with Crippen molar-refractivity contribution in [1.29, 1.82) is 0 Å². The van der Waals surface area contributed by atoms with Gasteiger partial charge in [-0.1, -0.05) is 57.2 Å². The number of carbonyl (C=O) groups excluding carboxylic acids is 1. The van der Waals surface area contributed by atoms with Gasteiger partial charge in [0.15, 0.2) is 0 Å². The topological polar surface area (TPSA) is 17.1 Å². The average Bonchev–Trinajstić information content (AvgIpc) is 2.22. The SMILES string of the molecule is C=C1/C=C/C(C(C)C)CC(=O)[C@@H](C)/C=C/C1. The molecule has 1 rings (SSSR count). The van der Waals surface area contributed by atoms with Gasteiger partial charge >= 0.3 is 0 Å². The number of rotatable bonds is 1. The largest absolute Gasteiger partial charge is 0.299 e. The highest BCUT2D eigenvalue weighted by atomic mass is 16.1. The Hall–Kier alpha value is -1.11. The Labute approximate surface area is 98.9 Å². The molecular formula is C15H22O. The molecule has 0 N–H and O–H groups in total. The Morgan fingerprint density at radius 2 is 2.06 bits per heavy atom. The van der Waals surface area contributed by atoms with E-state index in [9.17, 15) is 4.79 Å². The molecule has 0 saturated heterocycles. The molecule has 0 aromatic heterocycles. The van der Waals surface area contributed by atoms with Crippen molar-refractivity contribution in [3.63, 3.8) is 0 Å². The Bertz CT molecular complexity index is 320. The van der Waals surface area contributed by atoms with E-state index < -0.39 is 0 Å². The minimum Gasteiger partial charge on any atom is -0.299 e. The third kappa shape index (κ3) is 3.80. The van der Waals surface area contributed by atoms with Crippen LogP contribution >= 0.6 is 0 Å². The van der Waals surface area contributed by atoms with Crippen LogP contribution in [0.15, 0.2) is 36.5 Å². The Balaban J connectivity index is 2.86. The molecule has 1 aliphatic rings. The zero-order valence-corrected chi connectivity index (χ0v) is 10.6. The quantitative estimate of drug-likeness (QED) is 0.609. The summed E-state index contributed by atoms with van der Waals surface area (Å²) in [6.45, 7) is 10.3. The second-order valence-corrected chi connectivity index (χ2v) is 5.02. The van der Waals surface area contributed by atoms with Gasteiger partial charge in [0.1, 0.15) is 5.78 Å². The molecule has 88 valence electrons. The summed E-state index contributed by atoms with van der Waals surface area (Å²) in [5.41, 5.74) is 1.11. The van der Waals surface area contributed by atoms with E-state index in [0.717, 1.165) is 12.0 Å². The van der Waals surface area contributed by atoms with Crippen LogP contribution in [0, 0.1) is 17.8 Å². The fourth-order valence-corrected chi connectivity index (χ4v) is 1.80. The normalized spacial score (nSPS) is 31.5. The average molecular weight is 218 g/mol. The van der Waals surface area contributed by atoms with Crippen molar-refractivity contribution in [3.8, 4) is 0 Å². The summed E-state index contributed by atoms with van der Waals surface area (Å²) in [5.74, 6) is 1.23. The van der Waals surface area contributed by atoms with Gasteiger partial charge in [0.2, 0.25) is 0 Å². The molecule has 0 aromatic rings. The van der Waals surface area contributed by atoms with Gasteiger partial charge in [0.25, 0.3) is 0 Å². The molecular weight excluding hydrogens is 196 g/mol. The number of ketones is 1. The number of carbonyl (C=O) groups is 1. The second-order valence-electron chi connectivity index (χ2n) is 5.02. The third-order valence-electron chi connectivity index (χ3n) is 3.18. The van der Waals surface area contributed by atoms with Crippen LogP contribution in [0.25, 0.3) is 0 Å². The lowest BCUT2D eigenvalue weighted by molar-refractivity contribution is -0.122. The summed E-state index contributed by atoms with van der Waals surface area (Å²) in [6, 6.07) is 0. The van der Waals surface area contributed by atoms with Crippen molar-refractivity contribution in [1.82, 2.24) is 0 Å². The van der Waals surface area contributed by atoms with Crippen LogP contribution in [0.1, 0.15) is 33.6 Å². The fraction of sp³-hybridized carbons (Fsp3) is 0.533. The predicted octanol–water partition coefficient (Wildman–Crippen LogP) is 3.93. The lowest BCUT2D eigenvalue weighted by Crippen LogP contribution is -2.17. The highest BCUT2D eigenvalue weighted by Gasteiger charge is 2.18. The smallest absolute Gasteiger partial charge is 0.140 e. The third-order valence-corrected chi connectivity index (χ3v) is 3.18. The summed E-state index contributed by atoms with van der Waals surface area (Å²) in [6.07, 6.45) is 9.76. The highest BCUT2D eigenvalue weighted by Crippen LogP contribution is 2.22. The van der Waals surface area contributed by atoms with Crippen molar-refractivity contribution in [2.45, 2.75) is 33.6 Å². The Morgan fingerprint density at radius 1 is 1.38 bits per heavy atom. The first kappa shape index (κ1) is 13.0. The molecule has 0 radical (unpaired) electrons. The molecule has 0 bridgehead atoms. The van der Waals surface area contributed by atoms with Gasteiger partial charge in [0.05, 0.1) is 0 Å². The van der Waals surface area contributed by atoms with Crippen molar-refractivity contribution < 1.29 is 4.79 Å². The van der Waals surface area contributed by atoms with Crippen LogP contribution in [0.2, 0.25) is 0 Å². The predicted molar refractivity (Wildman–Crippen MR) is 69.2 cm³/mol. The molecule has 1 aliphatic carbocycles. The summed E-state index contributed by atoms with van der Waals surface area (Å²) < 4.78 is 0. The molecule has 2 atom stereocenters. The zero-order chi connectivity index (χ0) is 12.1. The van der Waals surface area contributed by atoms with E-state index in [1.807, 2.05) is 19.1 Å². The van der Waals surface area contributed by atoms with E-state index in [2.05, 4.69) is 32.6 Å². The number of hydrogen-bond donors (Lipinski definition) is 0. The van der Waals surface area contributed by atoms with E-state index in [1.54, 1.807) is 0 Å². The van der Waals surface area contributed by atoms with E-state index >= 15 is 0 Å². The van der Waals surface area contributed by atoms with Crippen LogP contribution in [-0.2, 0) is 4.79 Å². The van der Waals surface area contributed by atoms with Crippen molar-refractivity contribution in [2.75, 3.05) is 0 Å². The maximum absolute atomic E-state index is 11.9. The maximum atomic E-state index is 11.9. The molecule has 0 aliphatic heterocycles. The van der Waals surface area contributed by atoms with Crippen molar-refractivity contribution in [2.24, 2.45) is 17.8 Å². The summed E-state index contributed by atoms with van der Waals surface area (Å²) in [7, 11) is 0. The molecule has 0 amide bonds. The second kappa shape index (κ2) is 5.83. The Morgan fingerprint density at radius 3 is 2.69 bits per heavy atom. The monoisotopic (exact) mass is 218 g/mol. The lowest BCUT2D eigenvalue weighted by atomic mass is 9.86. The number of Topliss-reactive ketones (excluding diaryl/α,β-unsaturated/α-hetero) is 1. The fourth-order valence-electron chi connectivity index (χ4n) is 1.80. The van der Waals surface area contributed by atoms with Crippen LogP contribution < -0.4 is 0 Å². The summed E-state index contributed by atoms with van der Waals surface area (Å²) >= 11 is 0. The summed E-state index contributed by atoms with van der Waals surface area (Å²) in [5, 5.41) is 0. The molecule has 16 heavy (non-hydrogen) atoms. The van der Waals surface area contributed by atoms with E-state index in [4.69, 9.17) is 0 Å². The molecule has 1 heteroatoms. The molecule has 1 nitrogen and oxygen atoms in total. The minimum atomic E-state index is 0.0422. The van der Waals surface area contributed by atoms with Crippen LogP contribution in [0.3, 0.4) is 0 Å². The standard InChI is InChI=1S/C15H22O/c1-11(2)14-9-8-12(3)6-5-7-13(4)15(16)10-14/h5,7-9,11,13-14H,3,6,10H2,1-2,4H3/b7-5+,9-8+/t13-,14?/m0/s1. The maximum Gasteiger partial charge on any atom is 0.140 e. The molecule has 0 fully saturated rings. The first-order chi connectivity index (χ1) is 7.50. The van der Waals surface area contributed by atoms with E-state index in [-0.39, 0.29) is 5.92 Å². The minimum absolute atomic E-state index is 0.0422. The Kier molecular flexibility index (Phi) is 4.72. The van der Waals surface area contributed by atoms with Gasteiger partial charge in [-0.05, 0) is 18.3 Å². The van der Waals surface area contributed by atoms with Gasteiger partial charge < -0.3 is 0 Å². The van der Waals surface area contributed by atoms with Gasteiger partial charge in [-0.2, -0.15) is 0 Å². The van der Waals surface area contributed by atoms with Gasteiger partial charge in [-0.15, -0.1) is 0 Å². The van der Waals surface area contributed by atoms with Crippen LogP contribution in [-0.4, -0.2) is 5.78 Å². The van der Waals surface area contributed by atoms with Crippen LogP contribution in [0.4, 0.5) is 0 Å². The first-order valence-electron chi connectivity index (χ1n) is 6.06. The molecule has 0 heterocycles.